The second-order valence-corrected chi connectivity index (χ2v) is 8.48. The molecule has 4 nitrogen and oxygen atoms in total. The fourth-order valence-corrected chi connectivity index (χ4v) is 4.71. The first-order valence-corrected chi connectivity index (χ1v) is 10.7. The van der Waals surface area contributed by atoms with Gasteiger partial charge in [-0.25, -0.2) is 0 Å². The minimum Gasteiger partial charge on any atom is -0.310 e. The summed E-state index contributed by atoms with van der Waals surface area (Å²) in [4.78, 5) is 9.39. The summed E-state index contributed by atoms with van der Waals surface area (Å²) in [5, 5.41) is 3.61. The maximum absolute atomic E-state index is 12.8. The van der Waals surface area contributed by atoms with E-state index in [1.54, 1.807) is 12.1 Å². The van der Waals surface area contributed by atoms with Crippen LogP contribution < -0.4 is 5.32 Å². The first-order chi connectivity index (χ1) is 14.4. The number of likely N-dealkylation sites (N-methyl/N-ethyl adjacent to an activating group) is 1. The van der Waals surface area contributed by atoms with Gasteiger partial charge in [-0.1, -0.05) is 18.2 Å². The molecule has 2 heterocycles. The number of nitrogens with one attached hydrogen (secondary N) is 1. The van der Waals surface area contributed by atoms with Crippen molar-refractivity contribution in [3.8, 4) is 0 Å². The number of alkyl halides is 3. The Morgan fingerprint density at radius 3 is 2.77 bits per heavy atom. The first kappa shape index (κ1) is 21.3. The zero-order chi connectivity index (χ0) is 21.1. The number of pyridine rings is 1. The van der Waals surface area contributed by atoms with E-state index < -0.39 is 11.7 Å². The van der Waals surface area contributed by atoms with Crippen molar-refractivity contribution in [2.45, 2.75) is 44.1 Å². The van der Waals surface area contributed by atoms with Crippen LogP contribution in [0.25, 0.3) is 0 Å². The number of piperazine rings is 1. The van der Waals surface area contributed by atoms with Gasteiger partial charge < -0.3 is 5.32 Å². The van der Waals surface area contributed by atoms with E-state index in [4.69, 9.17) is 0 Å². The van der Waals surface area contributed by atoms with Crippen molar-refractivity contribution in [1.29, 1.82) is 0 Å². The van der Waals surface area contributed by atoms with E-state index in [9.17, 15) is 13.2 Å². The van der Waals surface area contributed by atoms with Crippen molar-refractivity contribution in [3.63, 3.8) is 0 Å². The Hall–Kier alpha value is -1.96. The van der Waals surface area contributed by atoms with Gasteiger partial charge in [0.1, 0.15) is 0 Å². The SMILES string of the molecule is CN(C[C@@H]1CN(Cc2ccc(C(F)(F)F)cc2)CCN1)[C@H]1CCCc2cccnc21. The maximum atomic E-state index is 12.8. The molecule has 1 aromatic carbocycles. The number of halogens is 3. The van der Waals surface area contributed by atoms with Gasteiger partial charge in [0.05, 0.1) is 17.3 Å². The summed E-state index contributed by atoms with van der Waals surface area (Å²) < 4.78 is 38.3. The average Bonchev–Trinajstić information content (AvgIpc) is 2.73. The molecule has 1 aromatic heterocycles. The van der Waals surface area contributed by atoms with Gasteiger partial charge in [0.15, 0.2) is 0 Å². The Kier molecular flexibility index (Phi) is 6.41. The average molecular weight is 419 g/mol. The van der Waals surface area contributed by atoms with Crippen molar-refractivity contribution in [2.24, 2.45) is 0 Å². The van der Waals surface area contributed by atoms with Gasteiger partial charge in [0, 0.05) is 45.0 Å². The van der Waals surface area contributed by atoms with E-state index in [1.807, 2.05) is 12.3 Å². The lowest BCUT2D eigenvalue weighted by molar-refractivity contribution is -0.137. The van der Waals surface area contributed by atoms with E-state index >= 15 is 0 Å². The van der Waals surface area contributed by atoms with Crippen LogP contribution in [-0.4, -0.2) is 54.1 Å². The molecule has 1 aliphatic heterocycles. The van der Waals surface area contributed by atoms with Crippen molar-refractivity contribution < 1.29 is 13.2 Å². The molecule has 4 rings (SSSR count). The van der Waals surface area contributed by atoms with Crippen LogP contribution in [0.3, 0.4) is 0 Å². The van der Waals surface area contributed by atoms with Gasteiger partial charge in [-0.3, -0.25) is 14.8 Å². The van der Waals surface area contributed by atoms with Crippen molar-refractivity contribution in [1.82, 2.24) is 20.1 Å². The highest BCUT2D eigenvalue weighted by Gasteiger charge is 2.30. The summed E-state index contributed by atoms with van der Waals surface area (Å²) in [6, 6.07) is 10.4. The van der Waals surface area contributed by atoms with Gasteiger partial charge in [-0.15, -0.1) is 0 Å². The second-order valence-electron chi connectivity index (χ2n) is 8.48. The smallest absolute Gasteiger partial charge is 0.310 e. The van der Waals surface area contributed by atoms with Gasteiger partial charge in [-0.05, 0) is 55.6 Å². The van der Waals surface area contributed by atoms with Crippen LogP contribution in [0.2, 0.25) is 0 Å². The molecule has 0 bridgehead atoms. The largest absolute Gasteiger partial charge is 0.416 e. The number of aryl methyl sites for hydroxylation is 1. The molecule has 2 aliphatic rings. The molecule has 162 valence electrons. The molecule has 1 aliphatic carbocycles. The molecule has 7 heteroatoms. The Bertz CT molecular complexity index is 837. The third-order valence-electron chi connectivity index (χ3n) is 6.23. The van der Waals surface area contributed by atoms with E-state index in [0.717, 1.165) is 44.6 Å². The molecule has 0 saturated carbocycles. The van der Waals surface area contributed by atoms with Crippen molar-refractivity contribution in [2.75, 3.05) is 33.2 Å². The van der Waals surface area contributed by atoms with Crippen LogP contribution in [-0.2, 0) is 19.1 Å². The topological polar surface area (TPSA) is 31.4 Å². The quantitative estimate of drug-likeness (QED) is 0.799. The predicted molar refractivity (Wildman–Crippen MR) is 111 cm³/mol. The highest BCUT2D eigenvalue weighted by molar-refractivity contribution is 5.26. The normalized spacial score (nSPS) is 22.8. The zero-order valence-electron chi connectivity index (χ0n) is 17.3. The lowest BCUT2D eigenvalue weighted by Gasteiger charge is -2.39. The monoisotopic (exact) mass is 418 g/mol. The molecule has 0 amide bonds. The van der Waals surface area contributed by atoms with Gasteiger partial charge >= 0.3 is 6.18 Å². The highest BCUT2D eigenvalue weighted by atomic mass is 19.4. The lowest BCUT2D eigenvalue weighted by atomic mass is 9.91. The van der Waals surface area contributed by atoms with Crippen molar-refractivity contribution in [3.05, 3.63) is 65.0 Å². The van der Waals surface area contributed by atoms with Crippen LogP contribution >= 0.6 is 0 Å². The molecule has 1 N–H and O–H groups in total. The van der Waals surface area contributed by atoms with Gasteiger partial charge in [0.2, 0.25) is 0 Å². The van der Waals surface area contributed by atoms with Gasteiger partial charge in [-0.2, -0.15) is 13.2 Å². The fourth-order valence-electron chi connectivity index (χ4n) is 4.71. The number of hydrogen-bond donors (Lipinski definition) is 1. The Morgan fingerprint density at radius 1 is 1.20 bits per heavy atom. The van der Waals surface area contributed by atoms with Crippen LogP contribution in [0.4, 0.5) is 13.2 Å². The summed E-state index contributed by atoms with van der Waals surface area (Å²) in [6.07, 6.45) is 1.02. The Balaban J connectivity index is 1.34. The number of benzene rings is 1. The zero-order valence-corrected chi connectivity index (χ0v) is 17.3. The Labute approximate surface area is 176 Å². The molecule has 0 unspecified atom stereocenters. The number of aromatic nitrogens is 1. The fraction of sp³-hybridized carbons (Fsp3) is 0.522. The third kappa shape index (κ3) is 5.02. The second kappa shape index (κ2) is 9.04. The van der Waals surface area contributed by atoms with E-state index in [1.165, 1.54) is 29.8 Å². The lowest BCUT2D eigenvalue weighted by Crippen LogP contribution is -2.54. The molecular formula is C23H29F3N4. The summed E-state index contributed by atoms with van der Waals surface area (Å²) in [5.74, 6) is 0. The van der Waals surface area contributed by atoms with Crippen LogP contribution in [0.5, 0.6) is 0 Å². The molecule has 1 saturated heterocycles. The molecule has 2 aromatic rings. The number of nitrogens with zero attached hydrogens (tertiary/aromatic N) is 3. The predicted octanol–water partition coefficient (Wildman–Crippen LogP) is 3.88. The third-order valence-corrected chi connectivity index (χ3v) is 6.23. The van der Waals surface area contributed by atoms with Crippen LogP contribution in [0, 0.1) is 0 Å². The van der Waals surface area contributed by atoms with Crippen LogP contribution in [0.1, 0.15) is 41.3 Å². The minimum absolute atomic E-state index is 0.326. The van der Waals surface area contributed by atoms with E-state index in [2.05, 4.69) is 33.2 Å². The van der Waals surface area contributed by atoms with Gasteiger partial charge in [0.25, 0.3) is 0 Å². The summed E-state index contributed by atoms with van der Waals surface area (Å²) in [7, 11) is 2.17. The first-order valence-electron chi connectivity index (χ1n) is 10.7. The molecular weight excluding hydrogens is 389 g/mol. The molecule has 0 radical (unpaired) electrons. The highest BCUT2D eigenvalue weighted by Crippen LogP contribution is 2.32. The molecule has 30 heavy (non-hydrogen) atoms. The Morgan fingerprint density at radius 2 is 2.00 bits per heavy atom. The number of hydrogen-bond acceptors (Lipinski definition) is 4. The molecule has 1 fully saturated rings. The number of rotatable bonds is 5. The van der Waals surface area contributed by atoms with Crippen molar-refractivity contribution >= 4 is 0 Å². The minimum atomic E-state index is -4.28. The standard InChI is InChI=1S/C23H29F3N4/c1-29(21-6-2-4-18-5-3-11-28-22(18)21)15-20-16-30(13-12-27-20)14-17-7-9-19(10-8-17)23(24,25)26/h3,5,7-11,20-21,27H,2,4,6,12-16H2,1H3/t20-,21+/m1/s1. The summed E-state index contributed by atoms with van der Waals surface area (Å²) in [6.45, 7) is 4.26. The summed E-state index contributed by atoms with van der Waals surface area (Å²) >= 11 is 0. The molecule has 2 atom stereocenters. The summed E-state index contributed by atoms with van der Waals surface area (Å²) in [5.41, 5.74) is 2.90. The molecule has 0 spiro atoms. The van der Waals surface area contributed by atoms with Crippen LogP contribution in [0.15, 0.2) is 42.6 Å². The van der Waals surface area contributed by atoms with E-state index in [0.29, 0.717) is 18.6 Å². The van der Waals surface area contributed by atoms with E-state index in [-0.39, 0.29) is 0 Å². The maximum Gasteiger partial charge on any atom is 0.416 e. The number of fused-ring (bicyclic) bond motifs is 1.